The number of carbonyl (C=O) groups is 1. The summed E-state index contributed by atoms with van der Waals surface area (Å²) in [6.07, 6.45) is 2.01. The van der Waals surface area contributed by atoms with E-state index in [9.17, 15) is 9.90 Å². The van der Waals surface area contributed by atoms with Crippen molar-refractivity contribution >= 4 is 5.97 Å². The lowest BCUT2D eigenvalue weighted by Gasteiger charge is -2.29. The first-order valence-corrected chi connectivity index (χ1v) is 7.48. The molecule has 1 aromatic carbocycles. The SMILES string of the molecule is COc1ccc(CC(CC(=O)O)N2CCCNCC2)cc1. The van der Waals surface area contributed by atoms with Crippen LogP contribution in [-0.4, -0.2) is 55.3 Å². The maximum absolute atomic E-state index is 11.2. The van der Waals surface area contributed by atoms with E-state index in [1.807, 2.05) is 24.3 Å². The lowest BCUT2D eigenvalue weighted by molar-refractivity contribution is -0.138. The van der Waals surface area contributed by atoms with Crippen molar-refractivity contribution in [2.45, 2.75) is 25.3 Å². The van der Waals surface area contributed by atoms with E-state index in [0.29, 0.717) is 0 Å². The zero-order chi connectivity index (χ0) is 15.1. The van der Waals surface area contributed by atoms with Gasteiger partial charge in [-0.05, 0) is 43.6 Å². The van der Waals surface area contributed by atoms with Crippen LogP contribution in [0.15, 0.2) is 24.3 Å². The summed E-state index contributed by atoms with van der Waals surface area (Å²) in [5.74, 6) is 0.0956. The van der Waals surface area contributed by atoms with Crippen molar-refractivity contribution in [3.8, 4) is 5.75 Å². The number of carboxylic acids is 1. The highest BCUT2D eigenvalue weighted by molar-refractivity contribution is 5.67. The second-order valence-corrected chi connectivity index (χ2v) is 5.44. The molecule has 0 spiro atoms. The molecule has 1 unspecified atom stereocenters. The van der Waals surface area contributed by atoms with Crippen LogP contribution >= 0.6 is 0 Å². The number of aliphatic carboxylic acids is 1. The van der Waals surface area contributed by atoms with Crippen LogP contribution in [-0.2, 0) is 11.2 Å². The van der Waals surface area contributed by atoms with Gasteiger partial charge in [-0.1, -0.05) is 12.1 Å². The minimum atomic E-state index is -0.731. The van der Waals surface area contributed by atoms with E-state index < -0.39 is 5.97 Å². The minimum absolute atomic E-state index is 0.0517. The van der Waals surface area contributed by atoms with Crippen LogP contribution in [0.3, 0.4) is 0 Å². The topological polar surface area (TPSA) is 61.8 Å². The molecule has 5 heteroatoms. The van der Waals surface area contributed by atoms with Gasteiger partial charge in [0.1, 0.15) is 5.75 Å². The fraction of sp³-hybridized carbons (Fsp3) is 0.562. The fourth-order valence-corrected chi connectivity index (χ4v) is 2.80. The summed E-state index contributed by atoms with van der Waals surface area (Å²) in [4.78, 5) is 13.5. The molecule has 0 radical (unpaired) electrons. The number of nitrogens with zero attached hydrogens (tertiary/aromatic N) is 1. The molecule has 0 bridgehead atoms. The first kappa shape index (κ1) is 15.8. The summed E-state index contributed by atoms with van der Waals surface area (Å²) in [6, 6.07) is 7.94. The fourth-order valence-electron chi connectivity index (χ4n) is 2.80. The Kier molecular flexibility index (Phi) is 6.02. The van der Waals surface area contributed by atoms with Gasteiger partial charge in [0.05, 0.1) is 13.5 Å². The number of benzene rings is 1. The highest BCUT2D eigenvalue weighted by Crippen LogP contribution is 2.17. The number of hydrogen-bond donors (Lipinski definition) is 2. The summed E-state index contributed by atoms with van der Waals surface area (Å²) >= 11 is 0. The Morgan fingerprint density at radius 2 is 2.10 bits per heavy atom. The molecule has 116 valence electrons. The van der Waals surface area contributed by atoms with Gasteiger partial charge >= 0.3 is 5.97 Å². The van der Waals surface area contributed by atoms with Crippen molar-refractivity contribution in [3.63, 3.8) is 0 Å². The van der Waals surface area contributed by atoms with Crippen LogP contribution in [0, 0.1) is 0 Å². The molecule has 1 heterocycles. The molecule has 5 nitrogen and oxygen atoms in total. The van der Waals surface area contributed by atoms with Crippen LogP contribution in [0.4, 0.5) is 0 Å². The number of rotatable bonds is 6. The molecule has 1 aliphatic heterocycles. The van der Waals surface area contributed by atoms with Crippen molar-refractivity contribution in [1.29, 1.82) is 0 Å². The first-order chi connectivity index (χ1) is 10.2. The van der Waals surface area contributed by atoms with Gasteiger partial charge in [-0.2, -0.15) is 0 Å². The van der Waals surface area contributed by atoms with E-state index >= 15 is 0 Å². The molecular formula is C16H24N2O3. The van der Waals surface area contributed by atoms with Gasteiger partial charge in [0.15, 0.2) is 0 Å². The average Bonchev–Trinajstić information content (AvgIpc) is 2.76. The Hall–Kier alpha value is -1.59. The third-order valence-corrected chi connectivity index (χ3v) is 3.93. The summed E-state index contributed by atoms with van der Waals surface area (Å²) < 4.78 is 5.16. The molecule has 1 aliphatic rings. The highest BCUT2D eigenvalue weighted by atomic mass is 16.5. The summed E-state index contributed by atoms with van der Waals surface area (Å²) in [6.45, 7) is 3.81. The van der Waals surface area contributed by atoms with Gasteiger partial charge in [-0.25, -0.2) is 0 Å². The number of nitrogens with one attached hydrogen (secondary N) is 1. The van der Waals surface area contributed by atoms with Crippen molar-refractivity contribution < 1.29 is 14.6 Å². The van der Waals surface area contributed by atoms with Gasteiger partial charge in [-0.15, -0.1) is 0 Å². The summed E-state index contributed by atoms with van der Waals surface area (Å²) in [5, 5.41) is 12.5. The Morgan fingerprint density at radius 1 is 1.33 bits per heavy atom. The van der Waals surface area contributed by atoms with Crippen LogP contribution in [0.1, 0.15) is 18.4 Å². The van der Waals surface area contributed by atoms with Crippen LogP contribution in [0.25, 0.3) is 0 Å². The van der Waals surface area contributed by atoms with E-state index in [0.717, 1.165) is 50.3 Å². The van der Waals surface area contributed by atoms with Crippen molar-refractivity contribution in [1.82, 2.24) is 10.2 Å². The van der Waals surface area contributed by atoms with Gasteiger partial charge in [0, 0.05) is 19.1 Å². The zero-order valence-corrected chi connectivity index (χ0v) is 12.5. The third kappa shape index (κ3) is 5.02. The lowest BCUT2D eigenvalue weighted by atomic mass is 10.0. The minimum Gasteiger partial charge on any atom is -0.497 e. The summed E-state index contributed by atoms with van der Waals surface area (Å²) in [5.41, 5.74) is 1.15. The van der Waals surface area contributed by atoms with Crippen molar-refractivity contribution in [3.05, 3.63) is 29.8 Å². The quantitative estimate of drug-likeness (QED) is 0.829. The van der Waals surface area contributed by atoms with Crippen LogP contribution < -0.4 is 10.1 Å². The van der Waals surface area contributed by atoms with Gasteiger partial charge < -0.3 is 15.2 Å². The number of methoxy groups -OCH3 is 1. The predicted octanol–water partition coefficient (Wildman–Crippen LogP) is 1.38. The van der Waals surface area contributed by atoms with E-state index in [-0.39, 0.29) is 12.5 Å². The number of ether oxygens (including phenoxy) is 1. The summed E-state index contributed by atoms with van der Waals surface area (Å²) in [7, 11) is 1.65. The van der Waals surface area contributed by atoms with E-state index in [1.165, 1.54) is 0 Å². The van der Waals surface area contributed by atoms with E-state index in [4.69, 9.17) is 4.74 Å². The monoisotopic (exact) mass is 292 g/mol. The molecule has 1 aromatic rings. The maximum Gasteiger partial charge on any atom is 0.304 e. The van der Waals surface area contributed by atoms with Gasteiger partial charge in [-0.3, -0.25) is 9.69 Å². The molecule has 1 saturated heterocycles. The Morgan fingerprint density at radius 3 is 2.76 bits per heavy atom. The molecular weight excluding hydrogens is 268 g/mol. The van der Waals surface area contributed by atoms with Gasteiger partial charge in [0.25, 0.3) is 0 Å². The first-order valence-electron chi connectivity index (χ1n) is 7.48. The standard InChI is InChI=1S/C16H24N2O3/c1-21-15-5-3-13(4-6-15)11-14(12-16(19)20)18-9-2-7-17-8-10-18/h3-6,14,17H,2,7-12H2,1H3,(H,19,20). The molecule has 0 aromatic heterocycles. The van der Waals surface area contributed by atoms with Gasteiger partial charge in [0.2, 0.25) is 0 Å². The van der Waals surface area contributed by atoms with E-state index in [2.05, 4.69) is 10.2 Å². The van der Waals surface area contributed by atoms with Crippen LogP contribution in [0.2, 0.25) is 0 Å². The van der Waals surface area contributed by atoms with E-state index in [1.54, 1.807) is 7.11 Å². The number of hydrogen-bond acceptors (Lipinski definition) is 4. The molecule has 0 aliphatic carbocycles. The second kappa shape index (κ2) is 8.00. The average molecular weight is 292 g/mol. The van der Waals surface area contributed by atoms with Crippen molar-refractivity contribution in [2.75, 3.05) is 33.3 Å². The predicted molar refractivity (Wildman–Crippen MR) is 81.8 cm³/mol. The second-order valence-electron chi connectivity index (χ2n) is 5.44. The van der Waals surface area contributed by atoms with Crippen molar-refractivity contribution in [2.24, 2.45) is 0 Å². The smallest absolute Gasteiger partial charge is 0.304 e. The Balaban J connectivity index is 2.05. The Bertz CT molecular complexity index is 439. The largest absolute Gasteiger partial charge is 0.497 e. The lowest BCUT2D eigenvalue weighted by Crippen LogP contribution is -2.40. The molecule has 2 rings (SSSR count). The Labute approximate surface area is 125 Å². The third-order valence-electron chi connectivity index (χ3n) is 3.93. The normalized spacial score (nSPS) is 18.0. The maximum atomic E-state index is 11.2. The van der Waals surface area contributed by atoms with Crippen LogP contribution in [0.5, 0.6) is 5.75 Å². The molecule has 0 amide bonds. The molecule has 0 saturated carbocycles. The molecule has 1 atom stereocenters. The number of carboxylic acid groups (broad SMARTS) is 1. The highest BCUT2D eigenvalue weighted by Gasteiger charge is 2.22. The molecule has 1 fully saturated rings. The molecule has 2 N–H and O–H groups in total. The molecule has 21 heavy (non-hydrogen) atoms. The zero-order valence-electron chi connectivity index (χ0n) is 12.5.